The van der Waals surface area contributed by atoms with Crippen molar-refractivity contribution in [2.24, 2.45) is 0 Å². The third-order valence-electron chi connectivity index (χ3n) is 1.88. The Morgan fingerprint density at radius 1 is 1.56 bits per heavy atom. The molecule has 0 atom stereocenters. The highest BCUT2D eigenvalue weighted by Gasteiger charge is 2.16. The second-order valence-corrected chi connectivity index (χ2v) is 8.02. The molecular weight excluding hydrogens is 310 g/mol. The lowest BCUT2D eigenvalue weighted by atomic mass is 10.3. The first kappa shape index (κ1) is 13.9. The summed E-state index contributed by atoms with van der Waals surface area (Å²) in [5.41, 5.74) is 2.03. The average Bonchev–Trinajstić information content (AvgIpc) is 2.46. The Bertz CT molecular complexity index is 479. The molecule has 16 heavy (non-hydrogen) atoms. The molecule has 0 aromatic carbocycles. The molecule has 1 heterocycles. The number of allylic oxidation sites excluding steroid dienone is 1. The first-order valence-electron chi connectivity index (χ1n) is 4.72. The fourth-order valence-corrected chi connectivity index (χ4v) is 4.22. The van der Waals surface area contributed by atoms with E-state index in [9.17, 15) is 8.42 Å². The number of aryl methyl sites for hydroxylation is 1. The van der Waals surface area contributed by atoms with Gasteiger partial charge in [-0.3, -0.25) is 0 Å². The van der Waals surface area contributed by atoms with E-state index in [0.29, 0.717) is 10.8 Å². The third-order valence-corrected chi connectivity index (χ3v) is 5.92. The van der Waals surface area contributed by atoms with Crippen LogP contribution in [0, 0.1) is 6.92 Å². The zero-order valence-corrected chi connectivity index (χ0v) is 12.6. The molecule has 0 bridgehead atoms. The fourth-order valence-electron chi connectivity index (χ4n) is 0.991. The summed E-state index contributed by atoms with van der Waals surface area (Å²) < 4.78 is 27.4. The van der Waals surface area contributed by atoms with Crippen LogP contribution in [0.25, 0.3) is 0 Å². The van der Waals surface area contributed by atoms with Crippen molar-refractivity contribution < 1.29 is 8.42 Å². The van der Waals surface area contributed by atoms with Crippen LogP contribution in [0.4, 0.5) is 0 Å². The summed E-state index contributed by atoms with van der Waals surface area (Å²) in [4.78, 5) is 0. The van der Waals surface area contributed by atoms with Gasteiger partial charge < -0.3 is 0 Å². The second kappa shape index (κ2) is 5.44. The highest BCUT2D eigenvalue weighted by Crippen LogP contribution is 2.30. The molecular formula is C10H14BrNO2S2. The molecule has 6 heteroatoms. The van der Waals surface area contributed by atoms with Gasteiger partial charge >= 0.3 is 0 Å². The molecule has 1 N–H and O–H groups in total. The minimum absolute atomic E-state index is 0.333. The van der Waals surface area contributed by atoms with Crippen LogP contribution in [-0.2, 0) is 10.0 Å². The predicted octanol–water partition coefficient (Wildman–Crippen LogP) is 3.06. The van der Waals surface area contributed by atoms with Gasteiger partial charge in [-0.25, -0.2) is 13.1 Å². The van der Waals surface area contributed by atoms with Crippen LogP contribution in [0.2, 0.25) is 0 Å². The molecule has 0 amide bonds. The molecule has 0 spiro atoms. The smallest absolute Gasteiger partial charge is 0.207 e. The van der Waals surface area contributed by atoms with Crippen molar-refractivity contribution in [2.45, 2.75) is 25.0 Å². The first-order valence-corrected chi connectivity index (χ1v) is 7.81. The van der Waals surface area contributed by atoms with E-state index >= 15 is 0 Å². The van der Waals surface area contributed by atoms with Gasteiger partial charge in [-0.15, -0.1) is 11.3 Å². The number of hydrogen-bond acceptors (Lipinski definition) is 3. The van der Waals surface area contributed by atoms with Crippen LogP contribution in [0.5, 0.6) is 0 Å². The largest absolute Gasteiger partial charge is 0.250 e. The SMILES string of the molecule is CC(C)=CCNS(=O)(=O)c1cc(C)c(Br)s1. The summed E-state index contributed by atoms with van der Waals surface area (Å²) >= 11 is 4.54. The van der Waals surface area contributed by atoms with Crippen LogP contribution < -0.4 is 4.72 Å². The van der Waals surface area contributed by atoms with E-state index in [1.165, 1.54) is 11.3 Å². The van der Waals surface area contributed by atoms with E-state index in [1.807, 2.05) is 26.8 Å². The van der Waals surface area contributed by atoms with E-state index in [1.54, 1.807) is 6.07 Å². The van der Waals surface area contributed by atoms with Crippen molar-refractivity contribution in [3.05, 3.63) is 27.1 Å². The molecule has 0 aliphatic heterocycles. The Morgan fingerprint density at radius 3 is 2.62 bits per heavy atom. The van der Waals surface area contributed by atoms with Crippen LogP contribution in [-0.4, -0.2) is 15.0 Å². The van der Waals surface area contributed by atoms with Crippen molar-refractivity contribution in [2.75, 3.05) is 6.54 Å². The van der Waals surface area contributed by atoms with Gasteiger partial charge in [-0.2, -0.15) is 0 Å². The Labute approximate surface area is 109 Å². The van der Waals surface area contributed by atoms with E-state index < -0.39 is 10.0 Å². The molecule has 90 valence electrons. The van der Waals surface area contributed by atoms with Gasteiger partial charge in [-0.1, -0.05) is 11.6 Å². The number of halogens is 1. The van der Waals surface area contributed by atoms with Crippen LogP contribution in [0.3, 0.4) is 0 Å². The lowest BCUT2D eigenvalue weighted by Gasteiger charge is -2.01. The first-order chi connectivity index (χ1) is 7.33. The summed E-state index contributed by atoms with van der Waals surface area (Å²) in [6.45, 7) is 6.06. The normalized spacial score (nSPS) is 11.5. The zero-order valence-electron chi connectivity index (χ0n) is 9.37. The summed E-state index contributed by atoms with van der Waals surface area (Å²) in [5, 5.41) is 0. The van der Waals surface area contributed by atoms with Gasteiger partial charge in [0.2, 0.25) is 10.0 Å². The summed E-state index contributed by atoms with van der Waals surface area (Å²) in [6, 6.07) is 1.67. The highest BCUT2D eigenvalue weighted by atomic mass is 79.9. The number of sulfonamides is 1. The second-order valence-electron chi connectivity index (χ2n) is 3.66. The topological polar surface area (TPSA) is 46.2 Å². The molecule has 0 radical (unpaired) electrons. The molecule has 0 saturated heterocycles. The summed E-state index contributed by atoms with van der Waals surface area (Å²) in [6.07, 6.45) is 1.84. The maximum atomic E-state index is 11.8. The minimum Gasteiger partial charge on any atom is -0.207 e. The Kier molecular flexibility index (Phi) is 4.73. The molecule has 0 unspecified atom stereocenters. The Balaban J connectivity index is 2.82. The zero-order chi connectivity index (χ0) is 12.3. The third kappa shape index (κ3) is 3.69. The maximum Gasteiger partial charge on any atom is 0.250 e. The lowest BCUT2D eigenvalue weighted by Crippen LogP contribution is -2.23. The van der Waals surface area contributed by atoms with Crippen molar-refractivity contribution >= 4 is 37.3 Å². The van der Waals surface area contributed by atoms with E-state index in [4.69, 9.17) is 0 Å². The van der Waals surface area contributed by atoms with Gasteiger partial charge in [-0.05, 0) is 48.3 Å². The minimum atomic E-state index is -3.36. The van der Waals surface area contributed by atoms with Gasteiger partial charge in [0.25, 0.3) is 0 Å². The van der Waals surface area contributed by atoms with E-state index in [0.717, 1.165) is 14.9 Å². The fraction of sp³-hybridized carbons (Fsp3) is 0.400. The van der Waals surface area contributed by atoms with Crippen LogP contribution >= 0.6 is 27.3 Å². The number of nitrogens with one attached hydrogen (secondary N) is 1. The maximum absolute atomic E-state index is 11.8. The highest BCUT2D eigenvalue weighted by molar-refractivity contribution is 9.11. The predicted molar refractivity (Wildman–Crippen MR) is 71.4 cm³/mol. The van der Waals surface area contributed by atoms with Crippen molar-refractivity contribution in [1.82, 2.24) is 4.72 Å². The lowest BCUT2D eigenvalue weighted by molar-refractivity contribution is 0.587. The monoisotopic (exact) mass is 323 g/mol. The van der Waals surface area contributed by atoms with E-state index in [-0.39, 0.29) is 0 Å². The van der Waals surface area contributed by atoms with Crippen LogP contribution in [0.15, 0.2) is 25.7 Å². The summed E-state index contributed by atoms with van der Waals surface area (Å²) in [7, 11) is -3.36. The van der Waals surface area contributed by atoms with Gasteiger partial charge in [0, 0.05) is 6.54 Å². The molecule has 0 saturated carbocycles. The average molecular weight is 324 g/mol. The molecule has 3 nitrogen and oxygen atoms in total. The number of hydrogen-bond donors (Lipinski definition) is 1. The summed E-state index contributed by atoms with van der Waals surface area (Å²) in [5.74, 6) is 0. The van der Waals surface area contributed by atoms with Crippen molar-refractivity contribution in [3.63, 3.8) is 0 Å². The number of thiophene rings is 1. The Morgan fingerprint density at radius 2 is 2.19 bits per heavy atom. The van der Waals surface area contributed by atoms with Crippen molar-refractivity contribution in [3.8, 4) is 0 Å². The van der Waals surface area contributed by atoms with Gasteiger partial charge in [0.1, 0.15) is 4.21 Å². The molecule has 1 aromatic heterocycles. The molecule has 0 aliphatic rings. The standard InChI is InChI=1S/C10H14BrNO2S2/c1-7(2)4-5-12-16(13,14)9-6-8(3)10(11)15-9/h4,6,12H,5H2,1-3H3. The molecule has 0 aliphatic carbocycles. The van der Waals surface area contributed by atoms with Crippen LogP contribution in [0.1, 0.15) is 19.4 Å². The quantitative estimate of drug-likeness (QED) is 0.865. The Hall–Kier alpha value is -0.170. The van der Waals surface area contributed by atoms with Gasteiger partial charge in [0.15, 0.2) is 0 Å². The van der Waals surface area contributed by atoms with Gasteiger partial charge in [0.05, 0.1) is 3.79 Å². The molecule has 1 aromatic rings. The van der Waals surface area contributed by atoms with E-state index in [2.05, 4.69) is 20.7 Å². The van der Waals surface area contributed by atoms with Crippen molar-refractivity contribution in [1.29, 1.82) is 0 Å². The number of rotatable bonds is 4. The molecule has 0 fully saturated rings. The molecule has 1 rings (SSSR count).